The third-order valence-electron chi connectivity index (χ3n) is 5.07. The first-order valence-corrected chi connectivity index (χ1v) is 10.8. The summed E-state index contributed by atoms with van der Waals surface area (Å²) in [6.07, 6.45) is 0.396. The third kappa shape index (κ3) is 5.78. The van der Waals surface area contributed by atoms with E-state index in [-0.39, 0.29) is 18.3 Å². The summed E-state index contributed by atoms with van der Waals surface area (Å²) in [5.41, 5.74) is 4.44. The molecule has 0 aliphatic heterocycles. The molecule has 1 amide bonds. The number of halogens is 1. The van der Waals surface area contributed by atoms with E-state index < -0.39 is 0 Å². The summed E-state index contributed by atoms with van der Waals surface area (Å²) in [7, 11) is 0. The standard InChI is InChI=1S/C23H29N3OS.ClH/c1-5-25(6-2)12-13-26(21(27)16-19-10-8-7-9-11-19)23-24-20-15-17(3)14-18(4)22(20)28-23;/h7-11,14-15H,5-6,12-13,16H2,1-4H3;1H. The Bertz CT molecular complexity index is 938. The zero-order chi connectivity index (χ0) is 20.1. The molecule has 0 spiro atoms. The largest absolute Gasteiger partial charge is 0.302 e. The molecule has 4 nitrogen and oxygen atoms in total. The van der Waals surface area contributed by atoms with Crippen LogP contribution in [0.15, 0.2) is 42.5 Å². The fourth-order valence-electron chi connectivity index (χ4n) is 3.45. The molecule has 0 fully saturated rings. The van der Waals surface area contributed by atoms with Gasteiger partial charge in [0.05, 0.1) is 16.6 Å². The maximum Gasteiger partial charge on any atom is 0.233 e. The molecular formula is C23H30ClN3OS. The quantitative estimate of drug-likeness (QED) is 0.488. The summed E-state index contributed by atoms with van der Waals surface area (Å²) < 4.78 is 1.17. The van der Waals surface area contributed by atoms with E-state index in [0.29, 0.717) is 13.0 Å². The lowest BCUT2D eigenvalue weighted by atomic mass is 10.1. The highest BCUT2D eigenvalue weighted by atomic mass is 35.5. The van der Waals surface area contributed by atoms with Crippen LogP contribution in [0, 0.1) is 13.8 Å². The van der Waals surface area contributed by atoms with Gasteiger partial charge in [-0.3, -0.25) is 9.69 Å². The van der Waals surface area contributed by atoms with Gasteiger partial charge in [0.15, 0.2) is 5.13 Å². The van der Waals surface area contributed by atoms with Gasteiger partial charge >= 0.3 is 0 Å². The van der Waals surface area contributed by atoms with Gasteiger partial charge in [-0.2, -0.15) is 0 Å². The molecule has 0 N–H and O–H groups in total. The molecule has 0 unspecified atom stereocenters. The number of benzene rings is 2. The Morgan fingerprint density at radius 1 is 1.03 bits per heavy atom. The lowest BCUT2D eigenvalue weighted by molar-refractivity contribution is -0.118. The van der Waals surface area contributed by atoms with Gasteiger partial charge in [-0.15, -0.1) is 12.4 Å². The fraction of sp³-hybridized carbons (Fsp3) is 0.391. The molecule has 0 saturated carbocycles. The lowest BCUT2D eigenvalue weighted by Crippen LogP contribution is -2.39. The van der Waals surface area contributed by atoms with Crippen molar-refractivity contribution in [3.05, 3.63) is 59.2 Å². The van der Waals surface area contributed by atoms with Crippen molar-refractivity contribution in [2.45, 2.75) is 34.1 Å². The van der Waals surface area contributed by atoms with Crippen molar-refractivity contribution >= 4 is 45.0 Å². The number of nitrogens with zero attached hydrogens (tertiary/aromatic N) is 3. The molecule has 2 aromatic carbocycles. The van der Waals surface area contributed by atoms with Crippen LogP contribution < -0.4 is 4.90 Å². The molecular weight excluding hydrogens is 402 g/mol. The number of likely N-dealkylation sites (N-methyl/N-ethyl adjacent to an activating group) is 1. The zero-order valence-corrected chi connectivity index (χ0v) is 19.3. The highest BCUT2D eigenvalue weighted by Gasteiger charge is 2.21. The Morgan fingerprint density at radius 3 is 2.38 bits per heavy atom. The van der Waals surface area contributed by atoms with Crippen molar-refractivity contribution < 1.29 is 4.79 Å². The topological polar surface area (TPSA) is 36.4 Å². The van der Waals surface area contributed by atoms with E-state index in [2.05, 4.69) is 44.7 Å². The average molecular weight is 432 g/mol. The highest BCUT2D eigenvalue weighted by molar-refractivity contribution is 7.22. The molecule has 29 heavy (non-hydrogen) atoms. The molecule has 0 aliphatic rings. The van der Waals surface area contributed by atoms with E-state index in [4.69, 9.17) is 4.98 Å². The number of hydrogen-bond acceptors (Lipinski definition) is 4. The molecule has 0 saturated heterocycles. The van der Waals surface area contributed by atoms with Crippen LogP contribution in [0.25, 0.3) is 10.2 Å². The van der Waals surface area contributed by atoms with E-state index in [1.807, 2.05) is 35.2 Å². The number of fused-ring (bicyclic) bond motifs is 1. The number of amides is 1. The monoisotopic (exact) mass is 431 g/mol. The first-order chi connectivity index (χ1) is 13.5. The predicted octanol–water partition coefficient (Wildman–Crippen LogP) is 5.25. The molecule has 3 aromatic rings. The molecule has 1 aromatic heterocycles. The van der Waals surface area contributed by atoms with Crippen molar-refractivity contribution in [2.24, 2.45) is 0 Å². The lowest BCUT2D eigenvalue weighted by Gasteiger charge is -2.24. The number of anilines is 1. The van der Waals surface area contributed by atoms with Gasteiger partial charge in [-0.1, -0.05) is 61.6 Å². The van der Waals surface area contributed by atoms with Crippen LogP contribution in [0.2, 0.25) is 0 Å². The van der Waals surface area contributed by atoms with Gasteiger partial charge in [0.1, 0.15) is 0 Å². The first kappa shape index (κ1) is 23.3. The minimum absolute atomic E-state index is 0. The summed E-state index contributed by atoms with van der Waals surface area (Å²) in [6, 6.07) is 14.2. The fourth-order valence-corrected chi connectivity index (χ4v) is 4.51. The zero-order valence-electron chi connectivity index (χ0n) is 17.6. The van der Waals surface area contributed by atoms with Crippen LogP contribution in [-0.4, -0.2) is 42.0 Å². The molecule has 0 radical (unpaired) electrons. The van der Waals surface area contributed by atoms with E-state index in [1.54, 1.807) is 11.3 Å². The second-order valence-corrected chi connectivity index (χ2v) is 8.14. The summed E-state index contributed by atoms with van der Waals surface area (Å²) in [5.74, 6) is 0.104. The number of rotatable bonds is 8. The summed E-state index contributed by atoms with van der Waals surface area (Å²) in [6.45, 7) is 12.0. The second kappa shape index (κ2) is 10.7. The van der Waals surface area contributed by atoms with Crippen molar-refractivity contribution in [3.63, 3.8) is 0 Å². The molecule has 1 heterocycles. The normalized spacial score (nSPS) is 10.9. The van der Waals surface area contributed by atoms with Crippen molar-refractivity contribution in [1.82, 2.24) is 9.88 Å². The summed E-state index contributed by atoms with van der Waals surface area (Å²) in [4.78, 5) is 22.3. The van der Waals surface area contributed by atoms with Gasteiger partial charge in [-0.25, -0.2) is 4.98 Å². The summed E-state index contributed by atoms with van der Waals surface area (Å²) >= 11 is 1.62. The predicted molar refractivity (Wildman–Crippen MR) is 127 cm³/mol. The molecule has 6 heteroatoms. The van der Waals surface area contributed by atoms with Crippen LogP contribution in [-0.2, 0) is 11.2 Å². The number of aryl methyl sites for hydroxylation is 2. The van der Waals surface area contributed by atoms with Crippen LogP contribution in [0.1, 0.15) is 30.5 Å². The van der Waals surface area contributed by atoms with E-state index in [1.165, 1.54) is 15.8 Å². The minimum atomic E-state index is 0. The molecule has 0 aliphatic carbocycles. The Kier molecular flexibility index (Phi) is 8.62. The van der Waals surface area contributed by atoms with E-state index >= 15 is 0 Å². The average Bonchev–Trinajstić information content (AvgIpc) is 3.10. The smallest absolute Gasteiger partial charge is 0.233 e. The molecule has 0 bridgehead atoms. The van der Waals surface area contributed by atoms with Gasteiger partial charge in [0.25, 0.3) is 0 Å². The van der Waals surface area contributed by atoms with Gasteiger partial charge in [-0.05, 0) is 49.7 Å². The van der Waals surface area contributed by atoms with Crippen LogP contribution in [0.4, 0.5) is 5.13 Å². The van der Waals surface area contributed by atoms with Crippen LogP contribution >= 0.6 is 23.7 Å². The molecule has 3 rings (SSSR count). The highest BCUT2D eigenvalue weighted by Crippen LogP contribution is 2.32. The van der Waals surface area contributed by atoms with Crippen LogP contribution in [0.5, 0.6) is 0 Å². The second-order valence-electron chi connectivity index (χ2n) is 7.16. The molecule has 156 valence electrons. The summed E-state index contributed by atoms with van der Waals surface area (Å²) in [5, 5.41) is 0.803. The maximum atomic E-state index is 13.2. The van der Waals surface area contributed by atoms with Gasteiger partial charge in [0.2, 0.25) is 5.91 Å². The van der Waals surface area contributed by atoms with Crippen molar-refractivity contribution in [1.29, 1.82) is 0 Å². The Balaban J connectivity index is 0.00000300. The van der Waals surface area contributed by atoms with E-state index in [9.17, 15) is 4.79 Å². The first-order valence-electron chi connectivity index (χ1n) is 9.96. The maximum absolute atomic E-state index is 13.2. The van der Waals surface area contributed by atoms with Crippen molar-refractivity contribution in [2.75, 3.05) is 31.1 Å². The SMILES string of the molecule is CCN(CC)CCN(C(=O)Cc1ccccc1)c1nc2cc(C)cc(C)c2s1.Cl. The van der Waals surface area contributed by atoms with Crippen LogP contribution in [0.3, 0.4) is 0 Å². The van der Waals surface area contributed by atoms with Crippen molar-refractivity contribution in [3.8, 4) is 0 Å². The Morgan fingerprint density at radius 2 is 1.72 bits per heavy atom. The van der Waals surface area contributed by atoms with Gasteiger partial charge < -0.3 is 4.90 Å². The minimum Gasteiger partial charge on any atom is -0.302 e. The third-order valence-corrected chi connectivity index (χ3v) is 6.30. The Hall–Kier alpha value is -1.95. The van der Waals surface area contributed by atoms with Gasteiger partial charge in [0, 0.05) is 13.1 Å². The number of thiazole rings is 1. The number of carbonyl (C=O) groups is 1. The number of hydrogen-bond donors (Lipinski definition) is 0. The number of aromatic nitrogens is 1. The Labute approximate surface area is 184 Å². The van der Waals surface area contributed by atoms with E-state index in [0.717, 1.165) is 35.8 Å². The number of carbonyl (C=O) groups excluding carboxylic acids is 1. The molecule has 0 atom stereocenters.